The third kappa shape index (κ3) is 2.71. The van der Waals surface area contributed by atoms with Gasteiger partial charge in [-0.05, 0) is 13.3 Å². The Morgan fingerprint density at radius 1 is 1.57 bits per heavy atom. The fourth-order valence-electron chi connectivity index (χ4n) is 0.898. The molecular formula is C10H16N2OS. The lowest BCUT2D eigenvalue weighted by Gasteiger charge is -2.21. The highest BCUT2D eigenvalue weighted by Crippen LogP contribution is 2.22. The minimum atomic E-state index is -2.52. The third-order valence-corrected chi connectivity index (χ3v) is 4.63. The summed E-state index contributed by atoms with van der Waals surface area (Å²) in [5, 5.41) is 8.99. The average molecular weight is 212 g/mol. The molecule has 3 nitrogen and oxygen atoms in total. The van der Waals surface area contributed by atoms with Crippen molar-refractivity contribution in [1.29, 1.82) is 5.26 Å². The van der Waals surface area contributed by atoms with Gasteiger partial charge in [0.25, 0.3) is 0 Å². The van der Waals surface area contributed by atoms with Gasteiger partial charge in [-0.1, -0.05) is 12.2 Å². The van der Waals surface area contributed by atoms with Crippen molar-refractivity contribution in [1.82, 2.24) is 0 Å². The van der Waals surface area contributed by atoms with E-state index in [1.807, 2.05) is 0 Å². The first-order valence-electron chi connectivity index (χ1n) is 4.24. The van der Waals surface area contributed by atoms with Crippen LogP contribution in [0.5, 0.6) is 0 Å². The second-order valence-corrected chi connectivity index (χ2v) is 6.00. The van der Waals surface area contributed by atoms with Crippen LogP contribution in [0, 0.1) is 11.3 Å². The minimum Gasteiger partial charge on any atom is -0.248 e. The normalized spacial score (nSPS) is 18.4. The largest absolute Gasteiger partial charge is 0.248 e. The van der Waals surface area contributed by atoms with Gasteiger partial charge < -0.3 is 0 Å². The van der Waals surface area contributed by atoms with Gasteiger partial charge in [0.15, 0.2) is 0 Å². The van der Waals surface area contributed by atoms with Gasteiger partial charge >= 0.3 is 0 Å². The predicted octanol–water partition coefficient (Wildman–Crippen LogP) is 2.13. The molecule has 0 saturated heterocycles. The van der Waals surface area contributed by atoms with E-state index in [1.165, 1.54) is 6.26 Å². The molecule has 0 aromatic rings. The molecule has 4 heteroatoms. The number of hydrogen-bond donors (Lipinski definition) is 0. The van der Waals surface area contributed by atoms with Gasteiger partial charge in [0.1, 0.15) is 4.75 Å². The van der Waals surface area contributed by atoms with Crippen LogP contribution in [0.3, 0.4) is 0 Å². The van der Waals surface area contributed by atoms with E-state index in [0.29, 0.717) is 13.0 Å². The van der Waals surface area contributed by atoms with E-state index in [1.54, 1.807) is 19.1 Å². The van der Waals surface area contributed by atoms with Crippen LogP contribution in [0.1, 0.15) is 13.3 Å². The lowest BCUT2D eigenvalue weighted by atomic mass is 10.1. The predicted molar refractivity (Wildman–Crippen MR) is 60.4 cm³/mol. The molecule has 0 heterocycles. The highest BCUT2D eigenvalue weighted by Gasteiger charge is 2.32. The molecule has 0 aromatic carbocycles. The third-order valence-electron chi connectivity index (χ3n) is 2.06. The summed E-state index contributed by atoms with van der Waals surface area (Å²) in [6.07, 6.45) is 5.04. The lowest BCUT2D eigenvalue weighted by Crippen LogP contribution is -2.32. The summed E-state index contributed by atoms with van der Waals surface area (Å²) in [5.41, 5.74) is 0. The summed E-state index contributed by atoms with van der Waals surface area (Å²) >= 11 is 0. The van der Waals surface area contributed by atoms with Crippen LogP contribution in [0.4, 0.5) is 0 Å². The van der Waals surface area contributed by atoms with Crippen LogP contribution < -0.4 is 0 Å². The number of hydrogen-bond acceptors (Lipinski definition) is 3. The van der Waals surface area contributed by atoms with Gasteiger partial charge in [-0.15, -0.1) is 13.2 Å². The molecular weight excluding hydrogens is 196 g/mol. The molecule has 0 spiro atoms. The van der Waals surface area contributed by atoms with E-state index in [0.717, 1.165) is 0 Å². The topological polar surface area (TPSA) is 53.2 Å². The van der Waals surface area contributed by atoms with Crippen molar-refractivity contribution in [3.63, 3.8) is 0 Å². The molecule has 0 amide bonds. The zero-order chi connectivity index (χ0) is 11.2. The molecule has 2 unspecified atom stereocenters. The lowest BCUT2D eigenvalue weighted by molar-refractivity contribution is 0.650. The maximum atomic E-state index is 12.1. The smallest absolute Gasteiger partial charge is 0.140 e. The molecule has 2 atom stereocenters. The zero-order valence-corrected chi connectivity index (χ0v) is 9.51. The van der Waals surface area contributed by atoms with E-state index in [4.69, 9.17) is 5.26 Å². The van der Waals surface area contributed by atoms with Gasteiger partial charge in [-0.2, -0.15) is 5.26 Å². The monoisotopic (exact) mass is 212 g/mol. The van der Waals surface area contributed by atoms with E-state index in [9.17, 15) is 4.21 Å². The van der Waals surface area contributed by atoms with Crippen molar-refractivity contribution in [2.24, 2.45) is 4.36 Å². The summed E-state index contributed by atoms with van der Waals surface area (Å²) in [6, 6.07) is 2.05. The Labute approximate surface area is 86.3 Å². The Balaban J connectivity index is 5.23. The van der Waals surface area contributed by atoms with Crippen molar-refractivity contribution in [3.8, 4) is 6.07 Å². The SMILES string of the molecule is C=CCN=S(C)(=O)C(C)(C#N)CC=C. The van der Waals surface area contributed by atoms with Crippen LogP contribution in [0.2, 0.25) is 0 Å². The highest BCUT2D eigenvalue weighted by molar-refractivity contribution is 7.94. The summed E-state index contributed by atoms with van der Waals surface area (Å²) < 4.78 is 15.1. The molecule has 0 aliphatic carbocycles. The van der Waals surface area contributed by atoms with E-state index in [2.05, 4.69) is 23.6 Å². The maximum absolute atomic E-state index is 12.1. The summed E-state index contributed by atoms with van der Waals surface area (Å²) in [5.74, 6) is 0. The molecule has 0 rings (SSSR count). The fourth-order valence-corrected chi connectivity index (χ4v) is 2.17. The molecule has 14 heavy (non-hydrogen) atoms. The molecule has 0 radical (unpaired) electrons. The summed E-state index contributed by atoms with van der Waals surface area (Å²) in [7, 11) is -2.52. The van der Waals surface area contributed by atoms with Crippen LogP contribution in [-0.4, -0.2) is 21.8 Å². The van der Waals surface area contributed by atoms with Gasteiger partial charge in [0.2, 0.25) is 0 Å². The first-order valence-corrected chi connectivity index (χ1v) is 6.16. The van der Waals surface area contributed by atoms with Gasteiger partial charge in [0, 0.05) is 6.26 Å². The van der Waals surface area contributed by atoms with Crippen LogP contribution >= 0.6 is 0 Å². The second-order valence-electron chi connectivity index (χ2n) is 3.24. The zero-order valence-electron chi connectivity index (χ0n) is 8.69. The molecule has 0 aliphatic rings. The number of allylic oxidation sites excluding steroid dienone is 1. The van der Waals surface area contributed by atoms with Gasteiger partial charge in [-0.3, -0.25) is 0 Å². The van der Waals surface area contributed by atoms with Crippen LogP contribution in [0.25, 0.3) is 0 Å². The van der Waals surface area contributed by atoms with Gasteiger partial charge in [-0.25, -0.2) is 8.57 Å². The van der Waals surface area contributed by atoms with E-state index >= 15 is 0 Å². The molecule has 0 saturated carbocycles. The number of nitrogens with zero attached hydrogens (tertiary/aromatic N) is 2. The highest BCUT2D eigenvalue weighted by atomic mass is 32.2. The van der Waals surface area contributed by atoms with Crippen LogP contribution in [-0.2, 0) is 9.73 Å². The maximum Gasteiger partial charge on any atom is 0.140 e. The Kier molecular flexibility index (Phi) is 4.58. The second kappa shape index (κ2) is 4.97. The first-order chi connectivity index (χ1) is 6.43. The van der Waals surface area contributed by atoms with Crippen molar-refractivity contribution >= 4 is 9.73 Å². The van der Waals surface area contributed by atoms with Crippen molar-refractivity contribution in [2.75, 3.05) is 12.8 Å². The Hall–Kier alpha value is -1.08. The van der Waals surface area contributed by atoms with Crippen molar-refractivity contribution < 1.29 is 4.21 Å². The van der Waals surface area contributed by atoms with Crippen molar-refractivity contribution in [2.45, 2.75) is 18.1 Å². The minimum absolute atomic E-state index is 0.309. The molecule has 0 aromatic heterocycles. The first kappa shape index (κ1) is 12.9. The number of nitriles is 1. The van der Waals surface area contributed by atoms with E-state index in [-0.39, 0.29) is 0 Å². The molecule has 0 N–H and O–H groups in total. The molecule has 0 fully saturated rings. The van der Waals surface area contributed by atoms with E-state index < -0.39 is 14.5 Å². The Bertz CT molecular complexity index is 372. The summed E-state index contributed by atoms with van der Waals surface area (Å²) in [4.78, 5) is 0. The molecule has 0 bridgehead atoms. The Morgan fingerprint density at radius 2 is 2.14 bits per heavy atom. The quantitative estimate of drug-likeness (QED) is 0.655. The van der Waals surface area contributed by atoms with Crippen LogP contribution in [0.15, 0.2) is 29.7 Å². The standard InChI is InChI=1S/C10H16N2OS/c1-5-7-10(3,9-11)14(4,13)12-8-6-2/h5-6H,1-2,7-8H2,3-4H3. The summed E-state index contributed by atoms with van der Waals surface area (Å²) in [6.45, 7) is 9.00. The Morgan fingerprint density at radius 3 is 2.50 bits per heavy atom. The average Bonchev–Trinajstić information content (AvgIpc) is 2.14. The van der Waals surface area contributed by atoms with Gasteiger partial charge in [0.05, 0.1) is 22.3 Å². The number of rotatable bonds is 5. The molecule has 78 valence electrons. The fraction of sp³-hybridized carbons (Fsp3) is 0.500. The van der Waals surface area contributed by atoms with Crippen molar-refractivity contribution in [3.05, 3.63) is 25.3 Å². The molecule has 0 aliphatic heterocycles.